The van der Waals surface area contributed by atoms with Crippen molar-refractivity contribution >= 4 is 23.3 Å². The number of ketones is 1. The largest absolute Gasteiger partial charge is 0.368 e. The van der Waals surface area contributed by atoms with Crippen LogP contribution in [0, 0.1) is 0 Å². The molecule has 0 aromatic carbocycles. The van der Waals surface area contributed by atoms with Crippen LogP contribution in [0.25, 0.3) is 0 Å². The molecule has 0 fully saturated rings. The van der Waals surface area contributed by atoms with Gasteiger partial charge in [-0.2, -0.15) is 0 Å². The van der Waals surface area contributed by atoms with E-state index in [2.05, 4.69) is 5.73 Å². The van der Waals surface area contributed by atoms with Crippen molar-refractivity contribution < 1.29 is 9.59 Å². The lowest BCUT2D eigenvalue weighted by Crippen LogP contribution is -2.29. The molecule has 4 heteroatoms. The third kappa shape index (κ3) is 1.93. The lowest BCUT2D eigenvalue weighted by atomic mass is 10.3. The van der Waals surface area contributed by atoms with Gasteiger partial charge < -0.3 is 5.73 Å². The molecule has 0 aliphatic carbocycles. The molecule has 2 N–H and O–H groups in total. The van der Waals surface area contributed by atoms with Gasteiger partial charge in [0.2, 0.25) is 5.91 Å². The third-order valence-electron chi connectivity index (χ3n) is 0.607. The van der Waals surface area contributed by atoms with Crippen LogP contribution in [0.15, 0.2) is 0 Å². The van der Waals surface area contributed by atoms with Crippen LogP contribution in [0.5, 0.6) is 0 Å². The number of hydrogen-bond acceptors (Lipinski definition) is 2. The fraction of sp³-hybridized carbons (Fsp3) is 0.500. The van der Waals surface area contributed by atoms with Crippen molar-refractivity contribution in [1.82, 2.24) is 0 Å². The zero-order chi connectivity index (χ0) is 6.73. The first-order chi connectivity index (χ1) is 3.55. The fourth-order valence-corrected chi connectivity index (χ4v) is 0.200. The lowest BCUT2D eigenvalue weighted by molar-refractivity contribution is -0.124. The highest BCUT2D eigenvalue weighted by atomic mass is 35.5. The van der Waals surface area contributed by atoms with Crippen molar-refractivity contribution in [3.8, 4) is 0 Å². The van der Waals surface area contributed by atoms with Crippen LogP contribution in [0.1, 0.15) is 6.92 Å². The average molecular weight is 136 g/mol. The summed E-state index contributed by atoms with van der Waals surface area (Å²) in [6.45, 7) is 1.21. The van der Waals surface area contributed by atoms with Crippen LogP contribution in [0.3, 0.4) is 0 Å². The summed E-state index contributed by atoms with van der Waals surface area (Å²) in [5.74, 6) is -1.21. The Morgan fingerprint density at radius 3 is 2.00 bits per heavy atom. The van der Waals surface area contributed by atoms with Crippen LogP contribution < -0.4 is 5.73 Å². The van der Waals surface area contributed by atoms with E-state index >= 15 is 0 Å². The van der Waals surface area contributed by atoms with E-state index in [1.165, 1.54) is 6.92 Å². The number of nitrogens with two attached hydrogens (primary N) is 1. The van der Waals surface area contributed by atoms with Gasteiger partial charge in [-0.15, -0.1) is 11.6 Å². The molecule has 0 spiro atoms. The molecule has 8 heavy (non-hydrogen) atoms. The second-order valence-corrected chi connectivity index (χ2v) is 1.81. The zero-order valence-corrected chi connectivity index (χ0v) is 5.11. The van der Waals surface area contributed by atoms with Gasteiger partial charge in [-0.3, -0.25) is 9.59 Å². The monoisotopic (exact) mass is 135 g/mol. The first-order valence-corrected chi connectivity index (χ1v) is 2.43. The van der Waals surface area contributed by atoms with Crippen LogP contribution in [-0.4, -0.2) is 17.1 Å². The number of carbonyl (C=O) groups is 2. The summed E-state index contributed by atoms with van der Waals surface area (Å²) in [5.41, 5.74) is 4.65. The van der Waals surface area contributed by atoms with Crippen molar-refractivity contribution in [3.05, 3.63) is 0 Å². The maximum Gasteiger partial charge on any atom is 0.243 e. The van der Waals surface area contributed by atoms with Crippen LogP contribution in [0.4, 0.5) is 0 Å². The smallest absolute Gasteiger partial charge is 0.243 e. The standard InChI is InChI=1S/C4H6ClNO2/c1-2(7)3(5)4(6)8/h3H,1H3,(H2,6,8)/t3-/m1/s1. The van der Waals surface area contributed by atoms with Crippen molar-refractivity contribution in [2.75, 3.05) is 0 Å². The Kier molecular flexibility index (Phi) is 2.48. The number of hydrogen-bond donors (Lipinski definition) is 1. The molecule has 0 aromatic heterocycles. The van der Waals surface area contributed by atoms with Crippen molar-refractivity contribution in [2.24, 2.45) is 5.73 Å². The van der Waals surface area contributed by atoms with Gasteiger partial charge in [-0.1, -0.05) is 0 Å². The molecule has 46 valence electrons. The summed E-state index contributed by atoms with van der Waals surface area (Å²) in [6.07, 6.45) is 0. The Hall–Kier alpha value is -0.570. The fourth-order valence-electron chi connectivity index (χ4n) is 0.200. The van der Waals surface area contributed by atoms with Crippen LogP contribution in [-0.2, 0) is 9.59 Å². The summed E-state index contributed by atoms with van der Waals surface area (Å²) in [5, 5.41) is -1.16. The first-order valence-electron chi connectivity index (χ1n) is 1.99. The van der Waals surface area contributed by atoms with E-state index in [1.54, 1.807) is 0 Å². The van der Waals surface area contributed by atoms with E-state index in [0.717, 1.165) is 0 Å². The Balaban J connectivity index is 3.83. The number of alkyl halides is 1. The van der Waals surface area contributed by atoms with Gasteiger partial charge >= 0.3 is 0 Å². The molecule has 0 saturated heterocycles. The number of amides is 1. The first kappa shape index (κ1) is 7.43. The van der Waals surface area contributed by atoms with E-state index < -0.39 is 17.1 Å². The molecule has 0 aliphatic rings. The molecule has 0 unspecified atom stereocenters. The maximum atomic E-state index is 10.2. The average Bonchev–Trinajstić information content (AvgIpc) is 1.64. The molecule has 0 radical (unpaired) electrons. The summed E-state index contributed by atoms with van der Waals surface area (Å²) in [7, 11) is 0. The molecule has 1 atom stereocenters. The van der Waals surface area contributed by atoms with Crippen LogP contribution >= 0.6 is 11.6 Å². The molecule has 1 amide bonds. The second kappa shape index (κ2) is 2.67. The predicted molar refractivity (Wildman–Crippen MR) is 29.5 cm³/mol. The van der Waals surface area contributed by atoms with E-state index in [4.69, 9.17) is 11.6 Å². The Bertz CT molecular complexity index is 109. The van der Waals surface area contributed by atoms with Crippen molar-refractivity contribution in [3.63, 3.8) is 0 Å². The highest BCUT2D eigenvalue weighted by Crippen LogP contribution is 1.93. The summed E-state index contributed by atoms with van der Waals surface area (Å²) in [4.78, 5) is 20.2. The maximum absolute atomic E-state index is 10.2. The van der Waals surface area contributed by atoms with Gasteiger partial charge in [0.1, 0.15) is 0 Å². The summed E-state index contributed by atoms with van der Waals surface area (Å²) in [6, 6.07) is 0. The molecule has 0 aliphatic heterocycles. The molecular formula is C4H6ClNO2. The Morgan fingerprint density at radius 2 is 2.00 bits per heavy atom. The van der Waals surface area contributed by atoms with Gasteiger partial charge in [0.15, 0.2) is 11.2 Å². The molecule has 0 saturated carbocycles. The minimum atomic E-state index is -1.16. The molecule has 0 heterocycles. The highest BCUT2D eigenvalue weighted by Gasteiger charge is 2.15. The lowest BCUT2D eigenvalue weighted by Gasteiger charge is -1.95. The molecule has 0 aromatic rings. The number of carbonyl (C=O) groups excluding carboxylic acids is 2. The minimum Gasteiger partial charge on any atom is -0.368 e. The molecule has 0 rings (SSSR count). The SMILES string of the molecule is CC(=O)[C@@H](Cl)C(N)=O. The number of rotatable bonds is 2. The second-order valence-electron chi connectivity index (χ2n) is 1.38. The normalized spacial score (nSPS) is 12.8. The number of Topliss-reactive ketones (excluding diaryl/α,β-unsaturated/α-hetero) is 1. The topological polar surface area (TPSA) is 60.2 Å². The quantitative estimate of drug-likeness (QED) is 0.416. The summed E-state index contributed by atoms with van der Waals surface area (Å²) < 4.78 is 0. The number of halogens is 1. The molecule has 0 bridgehead atoms. The predicted octanol–water partition coefficient (Wildman–Crippen LogP) is -0.332. The van der Waals surface area contributed by atoms with E-state index in [9.17, 15) is 9.59 Å². The Morgan fingerprint density at radius 1 is 1.62 bits per heavy atom. The highest BCUT2D eigenvalue weighted by molar-refractivity contribution is 6.41. The Labute approximate surface area is 51.8 Å². The minimum absolute atomic E-state index is 0.417. The van der Waals surface area contributed by atoms with E-state index in [1.807, 2.05) is 0 Å². The molecular weight excluding hydrogens is 130 g/mol. The van der Waals surface area contributed by atoms with E-state index in [0.29, 0.717) is 0 Å². The number of primary amides is 1. The molecule has 3 nitrogen and oxygen atoms in total. The van der Waals surface area contributed by atoms with Gasteiger partial charge in [0, 0.05) is 0 Å². The van der Waals surface area contributed by atoms with Crippen molar-refractivity contribution in [2.45, 2.75) is 12.3 Å². The third-order valence-corrected chi connectivity index (χ3v) is 1.13. The summed E-state index contributed by atoms with van der Waals surface area (Å²) >= 11 is 5.13. The van der Waals surface area contributed by atoms with E-state index in [-0.39, 0.29) is 0 Å². The van der Waals surface area contributed by atoms with Gasteiger partial charge in [0.05, 0.1) is 0 Å². The van der Waals surface area contributed by atoms with Crippen LogP contribution in [0.2, 0.25) is 0 Å². The van der Waals surface area contributed by atoms with Gasteiger partial charge in [-0.25, -0.2) is 0 Å². The van der Waals surface area contributed by atoms with Gasteiger partial charge in [-0.05, 0) is 6.92 Å². The van der Waals surface area contributed by atoms with Crippen molar-refractivity contribution in [1.29, 1.82) is 0 Å². The van der Waals surface area contributed by atoms with Gasteiger partial charge in [0.25, 0.3) is 0 Å². The zero-order valence-electron chi connectivity index (χ0n) is 4.35.